The van der Waals surface area contributed by atoms with Gasteiger partial charge in [-0.05, 0) is 11.1 Å². The molecule has 2 aromatic rings. The van der Waals surface area contributed by atoms with Gasteiger partial charge in [0.25, 0.3) is 5.91 Å². The largest absolute Gasteiger partial charge is 0.367 e. The van der Waals surface area contributed by atoms with Crippen molar-refractivity contribution in [2.45, 2.75) is 12.1 Å². The van der Waals surface area contributed by atoms with Crippen molar-refractivity contribution in [2.75, 3.05) is 21.2 Å². The number of hydrogen-bond acceptors (Lipinski definition) is 3. The van der Waals surface area contributed by atoms with Crippen molar-refractivity contribution in [3.8, 4) is 0 Å². The summed E-state index contributed by atoms with van der Waals surface area (Å²) < 4.78 is 5.34. The maximum atomic E-state index is 12.7. The highest BCUT2D eigenvalue weighted by Crippen LogP contribution is 2.20. The van der Waals surface area contributed by atoms with E-state index in [1.807, 2.05) is 60.7 Å². The van der Waals surface area contributed by atoms with Gasteiger partial charge in [0.2, 0.25) is 5.91 Å². The number of likely N-dealkylation sites (N-methyl/N-ethyl adjacent to an activating group) is 1. The summed E-state index contributed by atoms with van der Waals surface area (Å²) in [5.74, 6) is -0.551. The molecule has 0 unspecified atom stereocenters. The van der Waals surface area contributed by atoms with Gasteiger partial charge in [0.05, 0.1) is 0 Å². The monoisotopic (exact) mass is 326 g/mol. The minimum absolute atomic E-state index is 0.197. The summed E-state index contributed by atoms with van der Waals surface area (Å²) in [6, 6.07) is 17.6. The number of rotatable bonds is 6. The summed E-state index contributed by atoms with van der Waals surface area (Å²) in [5.41, 5.74) is 1.47. The topological polar surface area (TPSA) is 58.6 Å². The van der Waals surface area contributed by atoms with Crippen LogP contribution in [0.3, 0.4) is 0 Å². The molecule has 0 aliphatic heterocycles. The highest BCUT2D eigenvalue weighted by Gasteiger charge is 2.28. The fourth-order valence-corrected chi connectivity index (χ4v) is 2.43. The molecule has 1 N–H and O–H groups in total. The third kappa shape index (κ3) is 4.20. The molecule has 0 fully saturated rings. The molecule has 0 heterocycles. The van der Waals surface area contributed by atoms with Crippen LogP contribution < -0.4 is 5.32 Å². The van der Waals surface area contributed by atoms with Crippen molar-refractivity contribution < 1.29 is 14.3 Å². The van der Waals surface area contributed by atoms with Gasteiger partial charge in [-0.15, -0.1) is 0 Å². The molecule has 24 heavy (non-hydrogen) atoms. The Hall–Kier alpha value is -2.66. The molecular formula is C19H22N2O3. The molecule has 2 rings (SSSR count). The first-order valence-corrected chi connectivity index (χ1v) is 7.68. The number of benzene rings is 2. The van der Waals surface area contributed by atoms with Crippen LogP contribution in [-0.4, -0.2) is 37.9 Å². The van der Waals surface area contributed by atoms with Crippen LogP contribution in [0, 0.1) is 0 Å². The minimum atomic E-state index is -0.771. The van der Waals surface area contributed by atoms with Crippen molar-refractivity contribution in [1.82, 2.24) is 10.2 Å². The molecule has 126 valence electrons. The lowest BCUT2D eigenvalue weighted by Crippen LogP contribution is -2.42. The number of ether oxygens (including phenoxy) is 1. The van der Waals surface area contributed by atoms with E-state index in [9.17, 15) is 9.59 Å². The Bertz CT molecular complexity index is 672. The van der Waals surface area contributed by atoms with Crippen LogP contribution in [0.15, 0.2) is 60.7 Å². The van der Waals surface area contributed by atoms with Crippen LogP contribution in [0.25, 0.3) is 0 Å². The van der Waals surface area contributed by atoms with E-state index in [0.29, 0.717) is 0 Å². The van der Waals surface area contributed by atoms with Crippen LogP contribution in [0.4, 0.5) is 0 Å². The second kappa shape index (κ2) is 8.26. The number of carbonyl (C=O) groups is 2. The zero-order valence-corrected chi connectivity index (χ0v) is 14.1. The van der Waals surface area contributed by atoms with Gasteiger partial charge in [-0.1, -0.05) is 60.7 Å². The SMILES string of the molecule is CO[C@@H](C(=O)N[C@@H](C(=O)N(C)C)c1ccccc1)c1ccccc1. The van der Waals surface area contributed by atoms with Crippen LogP contribution in [-0.2, 0) is 14.3 Å². The van der Waals surface area contributed by atoms with Crippen LogP contribution >= 0.6 is 0 Å². The molecule has 5 nitrogen and oxygen atoms in total. The molecular weight excluding hydrogens is 304 g/mol. The molecule has 5 heteroatoms. The molecule has 2 aromatic carbocycles. The van der Waals surface area contributed by atoms with E-state index >= 15 is 0 Å². The molecule has 0 spiro atoms. The summed E-state index contributed by atoms with van der Waals surface area (Å²) in [4.78, 5) is 26.6. The number of nitrogens with one attached hydrogen (secondary N) is 1. The smallest absolute Gasteiger partial charge is 0.254 e. The maximum absolute atomic E-state index is 12.7. The van der Waals surface area contributed by atoms with Crippen molar-refractivity contribution in [2.24, 2.45) is 0 Å². The maximum Gasteiger partial charge on any atom is 0.254 e. The number of methoxy groups -OCH3 is 1. The average Bonchev–Trinajstić information content (AvgIpc) is 2.61. The van der Waals surface area contributed by atoms with Gasteiger partial charge in [0.15, 0.2) is 6.10 Å². The minimum Gasteiger partial charge on any atom is -0.367 e. The Morgan fingerprint density at radius 3 is 1.88 bits per heavy atom. The second-order valence-corrected chi connectivity index (χ2v) is 5.61. The van der Waals surface area contributed by atoms with Gasteiger partial charge in [-0.3, -0.25) is 9.59 Å². The van der Waals surface area contributed by atoms with Crippen LogP contribution in [0.1, 0.15) is 23.3 Å². The summed E-state index contributed by atoms with van der Waals surface area (Å²) in [5, 5.41) is 2.81. The summed E-state index contributed by atoms with van der Waals surface area (Å²) in [6.07, 6.45) is -0.771. The Balaban J connectivity index is 2.25. The van der Waals surface area contributed by atoms with Gasteiger partial charge in [0, 0.05) is 21.2 Å². The zero-order chi connectivity index (χ0) is 17.5. The first-order valence-electron chi connectivity index (χ1n) is 7.68. The number of hydrogen-bond donors (Lipinski definition) is 1. The number of nitrogens with zero attached hydrogens (tertiary/aromatic N) is 1. The van der Waals surface area contributed by atoms with E-state index in [1.165, 1.54) is 12.0 Å². The molecule has 0 aliphatic rings. The summed E-state index contributed by atoms with van der Waals surface area (Å²) in [6.45, 7) is 0. The molecule has 0 aromatic heterocycles. The third-order valence-corrected chi connectivity index (χ3v) is 3.68. The summed E-state index contributed by atoms with van der Waals surface area (Å²) >= 11 is 0. The van der Waals surface area contributed by atoms with Gasteiger partial charge in [-0.25, -0.2) is 0 Å². The first-order chi connectivity index (χ1) is 11.5. The fourth-order valence-electron chi connectivity index (χ4n) is 2.43. The van der Waals surface area contributed by atoms with E-state index in [4.69, 9.17) is 4.74 Å². The average molecular weight is 326 g/mol. The molecule has 0 radical (unpaired) electrons. The molecule has 0 bridgehead atoms. The third-order valence-electron chi connectivity index (χ3n) is 3.68. The quantitative estimate of drug-likeness (QED) is 0.886. The summed E-state index contributed by atoms with van der Waals surface area (Å²) in [7, 11) is 4.80. The predicted octanol–water partition coefficient (Wildman–Crippen LogP) is 2.32. The highest BCUT2D eigenvalue weighted by molar-refractivity contribution is 5.90. The van der Waals surface area contributed by atoms with Crippen LogP contribution in [0.5, 0.6) is 0 Å². The van der Waals surface area contributed by atoms with E-state index < -0.39 is 12.1 Å². The Morgan fingerprint density at radius 1 is 0.917 bits per heavy atom. The lowest BCUT2D eigenvalue weighted by molar-refractivity contribution is -0.138. The predicted molar refractivity (Wildman–Crippen MR) is 92.2 cm³/mol. The van der Waals surface area contributed by atoms with Crippen molar-refractivity contribution in [1.29, 1.82) is 0 Å². The van der Waals surface area contributed by atoms with Crippen LogP contribution in [0.2, 0.25) is 0 Å². The van der Waals surface area contributed by atoms with Gasteiger partial charge in [0.1, 0.15) is 6.04 Å². The van der Waals surface area contributed by atoms with E-state index in [2.05, 4.69) is 5.32 Å². The van der Waals surface area contributed by atoms with E-state index in [1.54, 1.807) is 14.1 Å². The Kier molecular flexibility index (Phi) is 6.09. The molecule has 0 saturated heterocycles. The number of amides is 2. The molecule has 0 saturated carbocycles. The molecule has 2 atom stereocenters. The fraction of sp³-hybridized carbons (Fsp3) is 0.263. The normalized spacial score (nSPS) is 13.0. The lowest BCUT2D eigenvalue weighted by Gasteiger charge is -2.24. The van der Waals surface area contributed by atoms with Gasteiger partial charge in [-0.2, -0.15) is 0 Å². The first kappa shape index (κ1) is 17.7. The second-order valence-electron chi connectivity index (χ2n) is 5.61. The van der Waals surface area contributed by atoms with E-state index in [-0.39, 0.29) is 11.8 Å². The highest BCUT2D eigenvalue weighted by atomic mass is 16.5. The number of carbonyl (C=O) groups excluding carboxylic acids is 2. The standard InChI is InChI=1S/C19H22N2O3/c1-21(2)19(23)16(14-10-6-4-7-11-14)20-18(22)17(24-3)15-12-8-5-9-13-15/h4-13,16-17H,1-3H3,(H,20,22)/t16-,17-/m1/s1. The van der Waals surface area contributed by atoms with Crippen molar-refractivity contribution in [3.63, 3.8) is 0 Å². The lowest BCUT2D eigenvalue weighted by atomic mass is 10.0. The van der Waals surface area contributed by atoms with Crippen molar-refractivity contribution in [3.05, 3.63) is 71.8 Å². The van der Waals surface area contributed by atoms with Gasteiger partial charge < -0.3 is 15.0 Å². The van der Waals surface area contributed by atoms with E-state index in [0.717, 1.165) is 11.1 Å². The van der Waals surface area contributed by atoms with Crippen molar-refractivity contribution >= 4 is 11.8 Å². The Labute approximate surface area is 142 Å². The zero-order valence-electron chi connectivity index (χ0n) is 14.1. The van der Waals surface area contributed by atoms with Gasteiger partial charge >= 0.3 is 0 Å². The Morgan fingerprint density at radius 2 is 1.42 bits per heavy atom. The molecule has 2 amide bonds. The molecule has 0 aliphatic carbocycles.